The number of ether oxygens (including phenoxy) is 2. The third kappa shape index (κ3) is 1.94. The van der Waals surface area contributed by atoms with E-state index >= 15 is 0 Å². The van der Waals surface area contributed by atoms with E-state index in [1.807, 2.05) is 6.07 Å². The molecule has 0 bridgehead atoms. The minimum atomic E-state index is -0.132. The second kappa shape index (κ2) is 3.49. The molecule has 88 valence electrons. The van der Waals surface area contributed by atoms with Gasteiger partial charge >= 0.3 is 0 Å². The van der Waals surface area contributed by atoms with Crippen LogP contribution < -0.4 is 4.74 Å². The summed E-state index contributed by atoms with van der Waals surface area (Å²) in [6.45, 7) is 9.55. The van der Waals surface area contributed by atoms with E-state index in [1.165, 1.54) is 11.1 Å². The topological polar surface area (TPSA) is 21.8 Å². The van der Waals surface area contributed by atoms with Crippen LogP contribution in [0.4, 0.5) is 0 Å². The fourth-order valence-corrected chi connectivity index (χ4v) is 1.85. The monoisotopic (exact) mass is 220 g/mol. The van der Waals surface area contributed by atoms with E-state index in [9.17, 15) is 0 Å². The molecule has 0 radical (unpaired) electrons. The van der Waals surface area contributed by atoms with Gasteiger partial charge in [-0.15, -0.1) is 0 Å². The van der Waals surface area contributed by atoms with Crippen LogP contribution in [0.5, 0.6) is 5.75 Å². The molecule has 1 unspecified atom stereocenters. The quantitative estimate of drug-likeness (QED) is 0.714. The van der Waals surface area contributed by atoms with E-state index < -0.39 is 0 Å². The zero-order valence-electron chi connectivity index (χ0n) is 10.8. The molecule has 0 amide bonds. The second-order valence-corrected chi connectivity index (χ2v) is 5.68. The molecule has 2 rings (SSSR count). The molecule has 1 aliphatic heterocycles. The van der Waals surface area contributed by atoms with Gasteiger partial charge in [0.05, 0.1) is 13.7 Å². The normalized spacial score (nSPS) is 24.3. The van der Waals surface area contributed by atoms with Crippen molar-refractivity contribution in [3.63, 3.8) is 0 Å². The smallest absolute Gasteiger partial charge is 0.125 e. The number of hydrogen-bond donors (Lipinski definition) is 0. The SMILES string of the molecule is COc1ccc(C(C)(C)C)cc1C1(C)CO1. The summed E-state index contributed by atoms with van der Waals surface area (Å²) in [6, 6.07) is 6.39. The molecule has 0 saturated carbocycles. The van der Waals surface area contributed by atoms with E-state index in [1.54, 1.807) is 7.11 Å². The Labute approximate surface area is 97.6 Å². The molecule has 1 heterocycles. The Morgan fingerprint density at radius 3 is 2.38 bits per heavy atom. The molecule has 0 aromatic heterocycles. The Morgan fingerprint density at radius 1 is 1.31 bits per heavy atom. The van der Waals surface area contributed by atoms with Gasteiger partial charge < -0.3 is 9.47 Å². The van der Waals surface area contributed by atoms with E-state index in [0.29, 0.717) is 0 Å². The lowest BCUT2D eigenvalue weighted by Gasteiger charge is -2.22. The largest absolute Gasteiger partial charge is 0.496 e. The van der Waals surface area contributed by atoms with Crippen molar-refractivity contribution in [1.82, 2.24) is 0 Å². The third-order valence-corrected chi connectivity index (χ3v) is 3.21. The first-order valence-corrected chi connectivity index (χ1v) is 5.70. The highest BCUT2D eigenvalue weighted by Crippen LogP contribution is 2.44. The Hall–Kier alpha value is -1.02. The summed E-state index contributed by atoms with van der Waals surface area (Å²) in [5.74, 6) is 0.924. The lowest BCUT2D eigenvalue weighted by Crippen LogP contribution is -2.14. The van der Waals surface area contributed by atoms with Crippen molar-refractivity contribution in [2.24, 2.45) is 0 Å². The molecule has 0 spiro atoms. The highest BCUT2D eigenvalue weighted by Gasteiger charge is 2.43. The molecule has 16 heavy (non-hydrogen) atoms. The van der Waals surface area contributed by atoms with Crippen molar-refractivity contribution in [3.8, 4) is 5.75 Å². The molecule has 0 N–H and O–H groups in total. The van der Waals surface area contributed by atoms with Gasteiger partial charge in [0.15, 0.2) is 0 Å². The number of rotatable bonds is 2. The number of benzene rings is 1. The maximum Gasteiger partial charge on any atom is 0.125 e. The van der Waals surface area contributed by atoms with Gasteiger partial charge in [0, 0.05) is 5.56 Å². The summed E-state index contributed by atoms with van der Waals surface area (Å²) < 4.78 is 10.9. The summed E-state index contributed by atoms with van der Waals surface area (Å²) in [4.78, 5) is 0. The van der Waals surface area contributed by atoms with Gasteiger partial charge in [-0.05, 0) is 30.0 Å². The number of methoxy groups -OCH3 is 1. The Kier molecular flexibility index (Phi) is 2.50. The summed E-state index contributed by atoms with van der Waals surface area (Å²) >= 11 is 0. The van der Waals surface area contributed by atoms with Crippen molar-refractivity contribution in [2.75, 3.05) is 13.7 Å². The van der Waals surface area contributed by atoms with Crippen molar-refractivity contribution < 1.29 is 9.47 Å². The van der Waals surface area contributed by atoms with E-state index in [2.05, 4.69) is 39.8 Å². The maximum absolute atomic E-state index is 5.51. The standard InChI is InChI=1S/C14H20O2/c1-13(2,3)10-6-7-12(15-5)11(8-10)14(4)9-16-14/h6-8H,9H2,1-5H3. The van der Waals surface area contributed by atoms with E-state index in [-0.39, 0.29) is 11.0 Å². The summed E-state index contributed by atoms with van der Waals surface area (Å²) in [7, 11) is 1.71. The lowest BCUT2D eigenvalue weighted by atomic mass is 9.84. The molecule has 2 nitrogen and oxygen atoms in total. The molecule has 1 aliphatic rings. The molecule has 1 atom stereocenters. The third-order valence-electron chi connectivity index (χ3n) is 3.21. The van der Waals surface area contributed by atoms with Gasteiger partial charge in [0.1, 0.15) is 11.4 Å². The molecular weight excluding hydrogens is 200 g/mol. The van der Waals surface area contributed by atoms with Crippen molar-refractivity contribution in [1.29, 1.82) is 0 Å². The summed E-state index contributed by atoms with van der Waals surface area (Å²) in [5, 5.41) is 0. The fraction of sp³-hybridized carbons (Fsp3) is 0.571. The first-order valence-electron chi connectivity index (χ1n) is 5.70. The summed E-state index contributed by atoms with van der Waals surface area (Å²) in [5.41, 5.74) is 2.52. The van der Waals surface area contributed by atoms with Crippen molar-refractivity contribution in [3.05, 3.63) is 29.3 Å². The number of hydrogen-bond acceptors (Lipinski definition) is 2. The van der Waals surface area contributed by atoms with Crippen LogP contribution in [0.3, 0.4) is 0 Å². The Balaban J connectivity index is 2.48. The van der Waals surface area contributed by atoms with Gasteiger partial charge in [-0.1, -0.05) is 26.8 Å². The van der Waals surface area contributed by atoms with Crippen LogP contribution in [0.15, 0.2) is 18.2 Å². The first kappa shape index (κ1) is 11.5. The zero-order chi connectivity index (χ0) is 12.0. The zero-order valence-corrected chi connectivity index (χ0v) is 10.8. The minimum absolute atomic E-state index is 0.132. The van der Waals surface area contributed by atoms with Gasteiger partial charge in [0.25, 0.3) is 0 Å². The average Bonchev–Trinajstić information content (AvgIpc) is 2.95. The predicted molar refractivity (Wildman–Crippen MR) is 65.0 cm³/mol. The van der Waals surface area contributed by atoms with Gasteiger partial charge in [-0.3, -0.25) is 0 Å². The number of epoxide rings is 1. The van der Waals surface area contributed by atoms with Crippen molar-refractivity contribution >= 4 is 0 Å². The molecular formula is C14H20O2. The van der Waals surface area contributed by atoms with Crippen LogP contribution in [0.2, 0.25) is 0 Å². The highest BCUT2D eigenvalue weighted by atomic mass is 16.6. The van der Waals surface area contributed by atoms with E-state index in [4.69, 9.17) is 9.47 Å². The van der Waals surface area contributed by atoms with E-state index in [0.717, 1.165) is 12.4 Å². The van der Waals surface area contributed by atoms with Crippen LogP contribution in [-0.2, 0) is 15.8 Å². The molecule has 2 heteroatoms. The minimum Gasteiger partial charge on any atom is -0.496 e. The molecule has 1 fully saturated rings. The predicted octanol–water partition coefficient (Wildman–Crippen LogP) is 3.24. The van der Waals surface area contributed by atoms with Crippen LogP contribution in [-0.4, -0.2) is 13.7 Å². The second-order valence-electron chi connectivity index (χ2n) is 5.68. The van der Waals surface area contributed by atoms with Crippen LogP contribution >= 0.6 is 0 Å². The Bertz CT molecular complexity index is 398. The Morgan fingerprint density at radius 2 is 1.94 bits per heavy atom. The molecule has 1 saturated heterocycles. The molecule has 1 aromatic rings. The van der Waals surface area contributed by atoms with Crippen LogP contribution in [0.25, 0.3) is 0 Å². The van der Waals surface area contributed by atoms with Gasteiger partial charge in [0.2, 0.25) is 0 Å². The van der Waals surface area contributed by atoms with Crippen LogP contribution in [0, 0.1) is 0 Å². The maximum atomic E-state index is 5.51. The first-order chi connectivity index (χ1) is 7.37. The fourth-order valence-electron chi connectivity index (χ4n) is 1.85. The van der Waals surface area contributed by atoms with Gasteiger partial charge in [-0.2, -0.15) is 0 Å². The average molecular weight is 220 g/mol. The lowest BCUT2D eigenvalue weighted by molar-refractivity contribution is 0.315. The van der Waals surface area contributed by atoms with Crippen molar-refractivity contribution in [2.45, 2.75) is 38.7 Å². The van der Waals surface area contributed by atoms with Crippen LogP contribution in [0.1, 0.15) is 38.8 Å². The molecule has 0 aliphatic carbocycles. The molecule has 1 aromatic carbocycles. The highest BCUT2D eigenvalue weighted by molar-refractivity contribution is 5.44. The summed E-state index contributed by atoms with van der Waals surface area (Å²) in [6.07, 6.45) is 0. The van der Waals surface area contributed by atoms with Gasteiger partial charge in [-0.25, -0.2) is 0 Å².